The molecule has 4 heterocycles. The minimum Gasteiger partial charge on any atom is -0.451 e. The third-order valence-electron chi connectivity index (χ3n) is 8.00. The van der Waals surface area contributed by atoms with E-state index in [1.165, 1.54) is 12.1 Å². The molecule has 1 saturated heterocycles. The number of aromatic nitrogens is 1. The molecule has 1 aromatic heterocycles. The maximum Gasteiger partial charge on any atom is 0.510 e. The third kappa shape index (κ3) is 4.71. The van der Waals surface area contributed by atoms with Crippen molar-refractivity contribution in [1.29, 1.82) is 0 Å². The van der Waals surface area contributed by atoms with Crippen LogP contribution in [-0.4, -0.2) is 48.3 Å². The number of carbonyl (C=O) groups is 2. The second-order valence-electron chi connectivity index (χ2n) is 11.1. The molecular formula is C30H30FN3O6S. The van der Waals surface area contributed by atoms with Gasteiger partial charge in [0.15, 0.2) is 5.69 Å². The Morgan fingerprint density at radius 3 is 2.73 bits per heavy atom. The molecule has 2 atom stereocenters. The zero-order valence-corrected chi connectivity index (χ0v) is 23.8. The normalized spacial score (nSPS) is 20.6. The molecule has 3 aliphatic heterocycles. The summed E-state index contributed by atoms with van der Waals surface area (Å²) in [4.78, 5) is 41.4. The highest BCUT2D eigenvalue weighted by molar-refractivity contribution is 7.98. The summed E-state index contributed by atoms with van der Waals surface area (Å²) in [6.45, 7) is 4.15. The van der Waals surface area contributed by atoms with Crippen LogP contribution < -0.4 is 15.2 Å². The van der Waals surface area contributed by atoms with Crippen LogP contribution in [0, 0.1) is 11.2 Å². The summed E-state index contributed by atoms with van der Waals surface area (Å²) < 4.78 is 32.5. The lowest BCUT2D eigenvalue weighted by Gasteiger charge is -2.54. The van der Waals surface area contributed by atoms with Crippen molar-refractivity contribution in [2.75, 3.05) is 25.5 Å². The van der Waals surface area contributed by atoms with E-state index >= 15 is 4.39 Å². The van der Waals surface area contributed by atoms with E-state index in [1.807, 2.05) is 35.3 Å². The van der Waals surface area contributed by atoms with E-state index in [-0.39, 0.29) is 28.6 Å². The van der Waals surface area contributed by atoms with E-state index in [2.05, 4.69) is 18.6 Å². The molecule has 41 heavy (non-hydrogen) atoms. The van der Waals surface area contributed by atoms with Crippen LogP contribution in [0.2, 0.25) is 0 Å². The number of rotatable bonds is 4. The first-order chi connectivity index (χ1) is 19.7. The van der Waals surface area contributed by atoms with Gasteiger partial charge in [0.25, 0.3) is 5.91 Å². The average Bonchev–Trinajstić information content (AvgIpc) is 3.11. The average molecular weight is 580 g/mol. The second-order valence-corrected chi connectivity index (χ2v) is 12.1. The number of benzene rings is 2. The van der Waals surface area contributed by atoms with Crippen LogP contribution in [0.3, 0.4) is 0 Å². The van der Waals surface area contributed by atoms with Gasteiger partial charge in [-0.1, -0.05) is 44.2 Å². The Morgan fingerprint density at radius 1 is 1.12 bits per heavy atom. The summed E-state index contributed by atoms with van der Waals surface area (Å²) >= 11 is 1.64. The molecule has 6 rings (SSSR count). The molecule has 0 radical (unpaired) electrons. The highest BCUT2D eigenvalue weighted by atomic mass is 32.2. The number of carbonyl (C=O) groups excluding carboxylic acids is 2. The van der Waals surface area contributed by atoms with E-state index in [9.17, 15) is 14.4 Å². The van der Waals surface area contributed by atoms with Crippen LogP contribution >= 0.6 is 11.8 Å². The van der Waals surface area contributed by atoms with Crippen LogP contribution in [0.5, 0.6) is 5.75 Å². The molecular weight excluding hydrogens is 549 g/mol. The SMILES string of the molecule is COC(=O)OCOc1c2n(ccc1=O)N([C@@H]1c3ccccc3SCc3cccc(F)c31)[C@@H]1CC(C)(C)CCN1C2=O. The number of methoxy groups -OCH3 is 1. The predicted molar refractivity (Wildman–Crippen MR) is 150 cm³/mol. The fraction of sp³-hybridized carbons (Fsp3) is 0.367. The molecule has 2 aromatic carbocycles. The molecule has 0 aliphatic carbocycles. The molecule has 1 fully saturated rings. The summed E-state index contributed by atoms with van der Waals surface area (Å²) in [6.07, 6.45) is 1.50. The topological polar surface area (TPSA) is 90.3 Å². The van der Waals surface area contributed by atoms with Gasteiger partial charge >= 0.3 is 6.16 Å². The Bertz CT molecular complexity index is 1590. The van der Waals surface area contributed by atoms with Crippen LogP contribution in [0.15, 0.2) is 64.4 Å². The molecule has 0 unspecified atom stereocenters. The van der Waals surface area contributed by atoms with Gasteiger partial charge in [-0.15, -0.1) is 11.8 Å². The number of pyridine rings is 1. The molecule has 0 saturated carbocycles. The van der Waals surface area contributed by atoms with Gasteiger partial charge in [-0.25, -0.2) is 9.18 Å². The van der Waals surface area contributed by atoms with Crippen molar-refractivity contribution < 1.29 is 28.2 Å². The van der Waals surface area contributed by atoms with Gasteiger partial charge in [0, 0.05) is 35.0 Å². The number of ether oxygens (including phenoxy) is 3. The fourth-order valence-electron chi connectivity index (χ4n) is 6.00. The first-order valence-corrected chi connectivity index (χ1v) is 14.4. The Balaban J connectivity index is 1.60. The van der Waals surface area contributed by atoms with Crippen LogP contribution in [0.1, 0.15) is 59.9 Å². The van der Waals surface area contributed by atoms with Gasteiger partial charge < -0.3 is 19.1 Å². The van der Waals surface area contributed by atoms with Gasteiger partial charge in [-0.3, -0.25) is 19.3 Å². The molecule has 0 spiro atoms. The van der Waals surface area contributed by atoms with Crippen molar-refractivity contribution in [1.82, 2.24) is 9.58 Å². The number of piperidine rings is 1. The summed E-state index contributed by atoms with van der Waals surface area (Å²) in [5.41, 5.74) is 1.65. The minimum absolute atomic E-state index is 0.00538. The number of fused-ring (bicyclic) bond motifs is 4. The van der Waals surface area contributed by atoms with Crippen molar-refractivity contribution in [3.05, 3.63) is 93.2 Å². The molecule has 3 aliphatic rings. The van der Waals surface area contributed by atoms with Gasteiger partial charge in [0.1, 0.15) is 18.0 Å². The zero-order chi connectivity index (χ0) is 28.9. The molecule has 9 nitrogen and oxygen atoms in total. The van der Waals surface area contributed by atoms with Gasteiger partial charge in [-0.05, 0) is 41.5 Å². The summed E-state index contributed by atoms with van der Waals surface area (Å²) in [7, 11) is 1.15. The standard InChI is InChI=1S/C30H30FN3O6S/c1-30(2)12-14-32-23(15-30)34(33-13-11-21(35)27(26(33)28(32)36)39-17-40-29(37)38-3)25-19-8-4-5-10-22(19)41-16-18-7-6-9-20(31)24(18)25/h4-11,13,23,25H,12,14-17H2,1-3H3/t23-,25-/m1/s1. The minimum atomic E-state index is -0.985. The zero-order valence-electron chi connectivity index (χ0n) is 23.0. The van der Waals surface area contributed by atoms with Gasteiger partial charge in [0.05, 0.1) is 7.11 Å². The van der Waals surface area contributed by atoms with Crippen molar-refractivity contribution in [2.45, 2.75) is 49.5 Å². The number of hydrogen-bond acceptors (Lipinski definition) is 8. The second kappa shape index (κ2) is 10.4. The molecule has 3 aromatic rings. The predicted octanol–water partition coefficient (Wildman–Crippen LogP) is 5.04. The first-order valence-electron chi connectivity index (χ1n) is 13.4. The number of halogens is 1. The highest BCUT2D eigenvalue weighted by Crippen LogP contribution is 2.47. The number of nitrogens with zero attached hydrogens (tertiary/aromatic N) is 3. The highest BCUT2D eigenvalue weighted by Gasteiger charge is 2.49. The van der Waals surface area contributed by atoms with E-state index in [4.69, 9.17) is 9.47 Å². The Morgan fingerprint density at radius 2 is 1.93 bits per heavy atom. The monoisotopic (exact) mass is 579 g/mol. The molecule has 214 valence electrons. The number of thioether (sulfide) groups is 1. The molecule has 1 amide bonds. The van der Waals surface area contributed by atoms with Gasteiger partial charge in [-0.2, -0.15) is 0 Å². The first kappa shape index (κ1) is 27.2. The Labute approximate surface area is 240 Å². The molecule has 0 N–H and O–H groups in total. The van der Waals surface area contributed by atoms with E-state index < -0.39 is 30.6 Å². The molecule has 11 heteroatoms. The molecule has 0 bridgehead atoms. The summed E-state index contributed by atoms with van der Waals surface area (Å²) in [5.74, 6) is -0.380. The van der Waals surface area contributed by atoms with Crippen LogP contribution in [0.4, 0.5) is 9.18 Å². The van der Waals surface area contributed by atoms with Crippen molar-refractivity contribution in [2.24, 2.45) is 5.41 Å². The Hall–Kier alpha value is -3.99. The fourth-order valence-corrected chi connectivity index (χ4v) is 7.08. The largest absolute Gasteiger partial charge is 0.510 e. The summed E-state index contributed by atoms with van der Waals surface area (Å²) in [6, 6.07) is 13.7. The Kier molecular flexibility index (Phi) is 6.93. The van der Waals surface area contributed by atoms with Crippen molar-refractivity contribution in [3.63, 3.8) is 0 Å². The quantitative estimate of drug-likeness (QED) is 0.314. The lowest BCUT2D eigenvalue weighted by atomic mass is 9.79. The van der Waals surface area contributed by atoms with Crippen LogP contribution in [-0.2, 0) is 15.2 Å². The lowest BCUT2D eigenvalue weighted by Crippen LogP contribution is -2.65. The maximum atomic E-state index is 15.9. The van der Waals surface area contributed by atoms with Crippen molar-refractivity contribution in [3.8, 4) is 5.75 Å². The lowest BCUT2D eigenvalue weighted by molar-refractivity contribution is 0.0103. The summed E-state index contributed by atoms with van der Waals surface area (Å²) in [5, 5.41) is 2.01. The van der Waals surface area contributed by atoms with E-state index in [1.54, 1.807) is 33.6 Å². The number of amides is 1. The van der Waals surface area contributed by atoms with Gasteiger partial charge in [0.2, 0.25) is 18.0 Å². The van der Waals surface area contributed by atoms with E-state index in [0.717, 1.165) is 29.6 Å². The van der Waals surface area contributed by atoms with Crippen LogP contribution in [0.25, 0.3) is 0 Å². The van der Waals surface area contributed by atoms with E-state index in [0.29, 0.717) is 24.3 Å². The maximum absolute atomic E-state index is 15.9. The number of hydrogen-bond donors (Lipinski definition) is 0. The van der Waals surface area contributed by atoms with Crippen molar-refractivity contribution >= 4 is 23.8 Å². The third-order valence-corrected chi connectivity index (χ3v) is 9.14. The smallest absolute Gasteiger partial charge is 0.451 e.